The molecule has 1 fully saturated rings. The summed E-state index contributed by atoms with van der Waals surface area (Å²) in [6.07, 6.45) is 2.19. The summed E-state index contributed by atoms with van der Waals surface area (Å²) in [7, 11) is 0. The lowest BCUT2D eigenvalue weighted by Gasteiger charge is -2.46. The van der Waals surface area contributed by atoms with Crippen LogP contribution in [-0.2, 0) is 22.6 Å². The van der Waals surface area contributed by atoms with Gasteiger partial charge in [0.2, 0.25) is 17.4 Å². The first-order valence-corrected chi connectivity index (χ1v) is 8.96. The van der Waals surface area contributed by atoms with E-state index in [-0.39, 0.29) is 17.9 Å². The Morgan fingerprint density at radius 1 is 1.26 bits per heavy atom. The van der Waals surface area contributed by atoms with E-state index in [9.17, 15) is 9.59 Å². The third-order valence-corrected chi connectivity index (χ3v) is 5.63. The third-order valence-electron chi connectivity index (χ3n) is 5.63. The number of carbonyl (C=O) groups is 2. The Morgan fingerprint density at radius 2 is 2.07 bits per heavy atom. The molecule has 0 radical (unpaired) electrons. The number of amides is 2. The van der Waals surface area contributed by atoms with Crippen molar-refractivity contribution < 1.29 is 15.0 Å². The summed E-state index contributed by atoms with van der Waals surface area (Å²) in [6, 6.07) is 7.34. The number of hydrogen-bond acceptors (Lipinski definition) is 4. The second kappa shape index (κ2) is 5.60. The first-order valence-electron chi connectivity index (χ1n) is 8.96. The van der Waals surface area contributed by atoms with Gasteiger partial charge >= 0.3 is 0 Å². The zero-order chi connectivity index (χ0) is 18.7. The number of piperazine rings is 1. The number of hydrogen-bond donors (Lipinski definition) is 2. The fourth-order valence-corrected chi connectivity index (χ4v) is 4.29. The second-order valence-electron chi connectivity index (χ2n) is 7.17. The lowest BCUT2D eigenvalue weighted by atomic mass is 9.84. The molecule has 8 heteroatoms. The standard InChI is InChI=1S/C19H18N6O2/c1-10-22-23-17-14(20)6-12(9-24(10)17)19(27)25-15-7-11-4-2-3-5-13(11)16(25)8-21-18(15)26/h2-6,15-16,20H,7-9H2,1H3,(H,21,26)/p+1/t15-,16-/m0/s1. The highest BCUT2D eigenvalue weighted by Gasteiger charge is 2.45. The number of nitrogens with zero attached hydrogens (tertiary/aromatic N) is 4. The number of fused-ring (bicyclic) bond motifs is 5. The Balaban J connectivity index is 1.54. The molecule has 2 atom stereocenters. The molecular weight excluding hydrogens is 344 g/mol. The van der Waals surface area contributed by atoms with Crippen LogP contribution in [0.1, 0.15) is 28.8 Å². The molecule has 0 aliphatic carbocycles. The van der Waals surface area contributed by atoms with Gasteiger partial charge in [0.25, 0.3) is 5.91 Å². The topological polar surface area (TPSA) is 106 Å². The number of aryl methyl sites for hydroxylation is 1. The molecule has 3 aliphatic heterocycles. The zero-order valence-corrected chi connectivity index (χ0v) is 14.8. The maximum atomic E-state index is 13.5. The van der Waals surface area contributed by atoms with Crippen LogP contribution in [0.25, 0.3) is 0 Å². The molecule has 1 aromatic heterocycles. The van der Waals surface area contributed by atoms with Crippen molar-refractivity contribution in [2.75, 3.05) is 6.54 Å². The van der Waals surface area contributed by atoms with Gasteiger partial charge in [-0.25, -0.2) is 0 Å². The van der Waals surface area contributed by atoms with Crippen molar-refractivity contribution in [1.29, 1.82) is 0 Å². The van der Waals surface area contributed by atoms with Crippen molar-refractivity contribution in [3.8, 4) is 0 Å². The van der Waals surface area contributed by atoms with E-state index >= 15 is 0 Å². The van der Waals surface area contributed by atoms with Gasteiger partial charge in [-0.05, 0) is 18.1 Å². The van der Waals surface area contributed by atoms with Crippen LogP contribution >= 0.6 is 0 Å². The quantitative estimate of drug-likeness (QED) is 0.657. The third kappa shape index (κ3) is 2.26. The first kappa shape index (κ1) is 15.9. The van der Waals surface area contributed by atoms with E-state index < -0.39 is 6.04 Å². The van der Waals surface area contributed by atoms with Crippen LogP contribution in [-0.4, -0.2) is 49.8 Å². The molecule has 27 heavy (non-hydrogen) atoms. The Kier molecular flexibility index (Phi) is 3.30. The summed E-state index contributed by atoms with van der Waals surface area (Å²) in [5.74, 6) is 1.01. The average molecular weight is 363 g/mol. The van der Waals surface area contributed by atoms with Crippen LogP contribution in [0, 0.1) is 6.92 Å². The molecule has 136 valence electrons. The van der Waals surface area contributed by atoms with Crippen molar-refractivity contribution in [2.45, 2.75) is 32.0 Å². The molecule has 8 nitrogen and oxygen atoms in total. The van der Waals surface area contributed by atoms with Gasteiger partial charge in [0.1, 0.15) is 11.9 Å². The van der Waals surface area contributed by atoms with E-state index in [0.717, 1.165) is 11.1 Å². The maximum Gasteiger partial charge on any atom is 0.253 e. The number of benzene rings is 1. The minimum absolute atomic E-state index is 0.108. The summed E-state index contributed by atoms with van der Waals surface area (Å²) < 4.78 is 1.83. The van der Waals surface area contributed by atoms with Gasteiger partial charge in [-0.15, -0.1) is 10.2 Å². The lowest BCUT2D eigenvalue weighted by molar-refractivity contribution is -0.145. The summed E-state index contributed by atoms with van der Waals surface area (Å²) in [4.78, 5) is 27.7. The van der Waals surface area contributed by atoms with E-state index in [4.69, 9.17) is 5.41 Å². The van der Waals surface area contributed by atoms with Gasteiger partial charge in [-0.2, -0.15) is 0 Å². The Bertz CT molecular complexity index is 1040. The number of allylic oxidation sites excluding steroid dienone is 1. The highest BCUT2D eigenvalue weighted by molar-refractivity contribution is 6.09. The van der Waals surface area contributed by atoms with Crippen molar-refractivity contribution in [3.05, 3.63) is 58.7 Å². The van der Waals surface area contributed by atoms with E-state index in [1.165, 1.54) is 0 Å². The average Bonchev–Trinajstić information content (AvgIpc) is 3.05. The molecule has 3 N–H and O–H groups in total. The second-order valence-corrected chi connectivity index (χ2v) is 7.17. The highest BCUT2D eigenvalue weighted by atomic mass is 16.2. The summed E-state index contributed by atoms with van der Waals surface area (Å²) >= 11 is 0. The van der Waals surface area contributed by atoms with E-state index in [1.807, 2.05) is 35.8 Å². The van der Waals surface area contributed by atoms with Gasteiger partial charge < -0.3 is 14.8 Å². The van der Waals surface area contributed by atoms with Crippen LogP contribution in [0.5, 0.6) is 0 Å². The monoisotopic (exact) mass is 363 g/mol. The fraction of sp³-hybridized carbons (Fsp3) is 0.316. The van der Waals surface area contributed by atoms with Crippen LogP contribution in [0.4, 0.5) is 0 Å². The number of nitrogens with one attached hydrogen (secondary N) is 1. The predicted molar refractivity (Wildman–Crippen MR) is 95.4 cm³/mol. The van der Waals surface area contributed by atoms with Crippen LogP contribution in [0.15, 0.2) is 35.9 Å². The molecular formula is C19H19N6O2+. The molecule has 2 bridgehead atoms. The lowest BCUT2D eigenvalue weighted by Crippen LogP contribution is -2.62. The predicted octanol–water partition coefficient (Wildman–Crippen LogP) is -1.30. The van der Waals surface area contributed by atoms with Crippen LogP contribution < -0.4 is 10.7 Å². The van der Waals surface area contributed by atoms with E-state index in [2.05, 4.69) is 15.5 Å². The van der Waals surface area contributed by atoms with Gasteiger partial charge in [-0.1, -0.05) is 24.3 Å². The van der Waals surface area contributed by atoms with Crippen molar-refractivity contribution in [1.82, 2.24) is 25.0 Å². The number of aromatic nitrogens is 3. The van der Waals surface area contributed by atoms with Crippen molar-refractivity contribution in [2.24, 2.45) is 0 Å². The molecule has 2 aromatic rings. The minimum Gasteiger partial charge on any atom is -0.352 e. The Labute approximate surface area is 155 Å². The molecule has 4 heterocycles. The number of carbonyl (C=O) groups excluding carboxylic acids is 2. The van der Waals surface area contributed by atoms with Crippen molar-refractivity contribution in [3.63, 3.8) is 0 Å². The van der Waals surface area contributed by atoms with Gasteiger partial charge in [0.15, 0.2) is 0 Å². The summed E-state index contributed by atoms with van der Waals surface area (Å²) in [5.41, 5.74) is 3.19. The van der Waals surface area contributed by atoms with E-state index in [1.54, 1.807) is 11.0 Å². The van der Waals surface area contributed by atoms with E-state index in [0.29, 0.717) is 42.4 Å². The molecule has 2 amide bonds. The fourth-order valence-electron chi connectivity index (χ4n) is 4.29. The number of nitrogens with two attached hydrogens (primary N) is 1. The summed E-state index contributed by atoms with van der Waals surface area (Å²) in [6.45, 7) is 2.60. The first-order chi connectivity index (χ1) is 13.0. The highest BCUT2D eigenvalue weighted by Crippen LogP contribution is 2.36. The molecule has 0 unspecified atom stereocenters. The molecule has 1 saturated heterocycles. The molecule has 0 spiro atoms. The summed E-state index contributed by atoms with van der Waals surface area (Å²) in [5, 5.41) is 17.1. The molecule has 3 aliphatic rings. The van der Waals surface area contributed by atoms with Gasteiger partial charge in [-0.3, -0.25) is 15.0 Å². The Morgan fingerprint density at radius 3 is 2.93 bits per heavy atom. The van der Waals surface area contributed by atoms with Gasteiger partial charge in [0.05, 0.1) is 12.6 Å². The normalized spacial score (nSPS) is 23.3. The largest absolute Gasteiger partial charge is 0.352 e. The zero-order valence-electron chi connectivity index (χ0n) is 14.8. The molecule has 1 aromatic carbocycles. The van der Waals surface area contributed by atoms with Crippen LogP contribution in [0.3, 0.4) is 0 Å². The number of rotatable bonds is 1. The Hall–Kier alpha value is -3.29. The minimum atomic E-state index is -0.503. The van der Waals surface area contributed by atoms with Gasteiger partial charge in [0, 0.05) is 24.6 Å². The SMILES string of the molecule is Cc1nnc2n1CC(C(=O)N1[C@H]3Cc4ccccc4[C@@H]1CNC3=O)=CC2=[NH2+]. The van der Waals surface area contributed by atoms with Crippen molar-refractivity contribution >= 4 is 17.5 Å². The maximum absolute atomic E-state index is 13.5. The molecule has 0 saturated carbocycles. The molecule has 5 rings (SSSR count). The van der Waals surface area contributed by atoms with Crippen LogP contribution in [0.2, 0.25) is 0 Å². The smallest absolute Gasteiger partial charge is 0.253 e.